The van der Waals surface area contributed by atoms with Gasteiger partial charge in [0.1, 0.15) is 5.76 Å². The van der Waals surface area contributed by atoms with Crippen molar-refractivity contribution in [3.05, 3.63) is 17.9 Å². The van der Waals surface area contributed by atoms with Gasteiger partial charge >= 0.3 is 0 Å². The summed E-state index contributed by atoms with van der Waals surface area (Å²) in [5.41, 5.74) is 5.58. The number of nitriles is 1. The molecule has 0 radical (unpaired) electrons. The Labute approximate surface area is 95.0 Å². The van der Waals surface area contributed by atoms with Crippen molar-refractivity contribution in [1.29, 1.82) is 5.26 Å². The summed E-state index contributed by atoms with van der Waals surface area (Å²) in [6, 6.07) is 4.96. The minimum Gasteiger partial charge on any atom is -0.443 e. The molecule has 86 valence electrons. The Hall–Kier alpha value is -1.51. The van der Waals surface area contributed by atoms with E-state index in [9.17, 15) is 0 Å². The van der Waals surface area contributed by atoms with Crippen LogP contribution < -0.4 is 10.6 Å². The second-order valence-corrected chi connectivity index (χ2v) is 4.07. The fourth-order valence-corrected chi connectivity index (χ4v) is 1.77. The number of nitrogens with two attached hydrogens (primary N) is 1. The molecule has 0 aromatic carbocycles. The Morgan fingerprint density at radius 2 is 2.06 bits per heavy atom. The topological polar surface area (TPSA) is 69.4 Å². The van der Waals surface area contributed by atoms with Crippen molar-refractivity contribution in [2.24, 2.45) is 5.73 Å². The molecule has 0 amide bonds. The molecule has 0 saturated carbocycles. The summed E-state index contributed by atoms with van der Waals surface area (Å²) in [7, 11) is 2.11. The van der Waals surface area contributed by atoms with E-state index in [1.165, 1.54) is 0 Å². The SMILES string of the molecule is CN1CCN(c2ccc(C(N)C#N)o2)CC1. The summed E-state index contributed by atoms with van der Waals surface area (Å²) in [5.74, 6) is 1.35. The molecule has 0 aliphatic carbocycles. The van der Waals surface area contributed by atoms with Gasteiger partial charge in [-0.3, -0.25) is 0 Å². The van der Waals surface area contributed by atoms with Crippen LogP contribution in [0.2, 0.25) is 0 Å². The summed E-state index contributed by atoms with van der Waals surface area (Å²) in [4.78, 5) is 4.45. The van der Waals surface area contributed by atoms with E-state index in [0.717, 1.165) is 32.1 Å². The third kappa shape index (κ3) is 2.18. The van der Waals surface area contributed by atoms with Crippen molar-refractivity contribution in [3.8, 4) is 6.07 Å². The largest absolute Gasteiger partial charge is 0.443 e. The highest BCUT2D eigenvalue weighted by Crippen LogP contribution is 2.22. The molecule has 5 nitrogen and oxygen atoms in total. The van der Waals surface area contributed by atoms with E-state index >= 15 is 0 Å². The molecule has 1 unspecified atom stereocenters. The fraction of sp³-hybridized carbons (Fsp3) is 0.545. The van der Waals surface area contributed by atoms with Gasteiger partial charge < -0.3 is 20.0 Å². The van der Waals surface area contributed by atoms with E-state index in [1.54, 1.807) is 6.07 Å². The third-order valence-corrected chi connectivity index (χ3v) is 2.87. The quantitative estimate of drug-likeness (QED) is 0.788. The predicted octanol–water partition coefficient (Wildman–Crippen LogP) is 0.555. The lowest BCUT2D eigenvalue weighted by atomic mass is 10.3. The van der Waals surface area contributed by atoms with E-state index < -0.39 is 6.04 Å². The molecule has 2 rings (SSSR count). The number of anilines is 1. The van der Waals surface area contributed by atoms with Crippen molar-refractivity contribution < 1.29 is 4.42 Å². The van der Waals surface area contributed by atoms with E-state index in [-0.39, 0.29) is 0 Å². The van der Waals surface area contributed by atoms with Gasteiger partial charge in [-0.05, 0) is 13.1 Å². The first kappa shape index (κ1) is 11.0. The highest BCUT2D eigenvalue weighted by Gasteiger charge is 2.18. The van der Waals surface area contributed by atoms with Gasteiger partial charge in [-0.2, -0.15) is 5.26 Å². The second-order valence-electron chi connectivity index (χ2n) is 4.07. The number of rotatable bonds is 2. The van der Waals surface area contributed by atoms with Gasteiger partial charge in [0.05, 0.1) is 6.07 Å². The van der Waals surface area contributed by atoms with Gasteiger partial charge in [0.25, 0.3) is 0 Å². The first-order valence-corrected chi connectivity index (χ1v) is 5.39. The lowest BCUT2D eigenvalue weighted by Gasteiger charge is -2.32. The highest BCUT2D eigenvalue weighted by atomic mass is 16.4. The van der Waals surface area contributed by atoms with Crippen LogP contribution in [0.5, 0.6) is 0 Å². The Balaban J connectivity index is 2.05. The van der Waals surface area contributed by atoms with Gasteiger partial charge in [-0.1, -0.05) is 0 Å². The van der Waals surface area contributed by atoms with Crippen LogP contribution in [0.4, 0.5) is 5.88 Å². The first-order valence-electron chi connectivity index (χ1n) is 5.39. The minimum absolute atomic E-state index is 0.538. The zero-order chi connectivity index (χ0) is 11.5. The average molecular weight is 220 g/mol. The van der Waals surface area contributed by atoms with Crippen LogP contribution in [-0.2, 0) is 0 Å². The zero-order valence-corrected chi connectivity index (χ0v) is 9.39. The van der Waals surface area contributed by atoms with Crippen LogP contribution in [0.1, 0.15) is 11.8 Å². The fourth-order valence-electron chi connectivity index (χ4n) is 1.77. The molecule has 1 saturated heterocycles. The van der Waals surface area contributed by atoms with Crippen molar-refractivity contribution in [2.45, 2.75) is 6.04 Å². The number of piperazine rings is 1. The lowest BCUT2D eigenvalue weighted by Crippen LogP contribution is -2.44. The lowest BCUT2D eigenvalue weighted by molar-refractivity contribution is 0.305. The molecule has 1 atom stereocenters. The number of hydrogen-bond acceptors (Lipinski definition) is 5. The molecule has 2 N–H and O–H groups in total. The smallest absolute Gasteiger partial charge is 0.195 e. The summed E-state index contributed by atoms with van der Waals surface area (Å²) in [6.07, 6.45) is 0. The monoisotopic (exact) mass is 220 g/mol. The molecule has 1 fully saturated rings. The maximum atomic E-state index is 8.69. The molecule has 2 heterocycles. The molecule has 1 aliphatic heterocycles. The maximum absolute atomic E-state index is 8.69. The van der Waals surface area contributed by atoms with Gasteiger partial charge in [-0.15, -0.1) is 0 Å². The third-order valence-electron chi connectivity index (χ3n) is 2.87. The number of nitrogens with zero attached hydrogens (tertiary/aromatic N) is 3. The summed E-state index contributed by atoms with van der Waals surface area (Å²) < 4.78 is 5.57. The van der Waals surface area contributed by atoms with Crippen molar-refractivity contribution in [1.82, 2.24) is 4.90 Å². The normalized spacial score (nSPS) is 19.4. The molecule has 1 aromatic rings. The second kappa shape index (κ2) is 4.56. The molecule has 1 aromatic heterocycles. The molecule has 5 heteroatoms. The Kier molecular flexibility index (Phi) is 3.13. The Morgan fingerprint density at radius 1 is 1.38 bits per heavy atom. The van der Waals surface area contributed by atoms with Crippen molar-refractivity contribution in [3.63, 3.8) is 0 Å². The number of hydrogen-bond donors (Lipinski definition) is 1. The average Bonchev–Trinajstić information content (AvgIpc) is 2.78. The molecule has 0 spiro atoms. The minimum atomic E-state index is -0.666. The standard InChI is InChI=1S/C11H16N4O/c1-14-4-6-15(7-5-14)11-3-2-10(16-11)9(13)8-12/h2-3,9H,4-7,13H2,1H3. The summed E-state index contributed by atoms with van der Waals surface area (Å²) >= 11 is 0. The molecular formula is C11H16N4O. The van der Waals surface area contributed by atoms with E-state index in [0.29, 0.717) is 5.76 Å². The van der Waals surface area contributed by atoms with Crippen LogP contribution in [0.3, 0.4) is 0 Å². The Bertz CT molecular complexity index is 387. The first-order chi connectivity index (χ1) is 7.70. The molecular weight excluding hydrogens is 204 g/mol. The maximum Gasteiger partial charge on any atom is 0.195 e. The molecule has 1 aliphatic rings. The van der Waals surface area contributed by atoms with Crippen LogP contribution in [0.25, 0.3) is 0 Å². The van der Waals surface area contributed by atoms with Gasteiger partial charge in [-0.25, -0.2) is 0 Å². The van der Waals surface area contributed by atoms with Gasteiger partial charge in [0.2, 0.25) is 0 Å². The van der Waals surface area contributed by atoms with Crippen LogP contribution in [0, 0.1) is 11.3 Å². The van der Waals surface area contributed by atoms with Gasteiger partial charge in [0, 0.05) is 32.2 Å². The van der Waals surface area contributed by atoms with E-state index in [2.05, 4.69) is 16.8 Å². The van der Waals surface area contributed by atoms with Gasteiger partial charge in [0.15, 0.2) is 11.9 Å². The van der Waals surface area contributed by atoms with Crippen LogP contribution in [-0.4, -0.2) is 38.1 Å². The highest BCUT2D eigenvalue weighted by molar-refractivity contribution is 5.38. The summed E-state index contributed by atoms with van der Waals surface area (Å²) in [5, 5.41) is 8.69. The summed E-state index contributed by atoms with van der Waals surface area (Å²) in [6.45, 7) is 3.96. The number of likely N-dealkylation sites (N-methyl/N-ethyl adjacent to an activating group) is 1. The van der Waals surface area contributed by atoms with Crippen LogP contribution >= 0.6 is 0 Å². The number of furan rings is 1. The van der Waals surface area contributed by atoms with Crippen LogP contribution in [0.15, 0.2) is 16.5 Å². The zero-order valence-electron chi connectivity index (χ0n) is 9.39. The van der Waals surface area contributed by atoms with Crippen molar-refractivity contribution in [2.75, 3.05) is 38.1 Å². The molecule has 16 heavy (non-hydrogen) atoms. The predicted molar refractivity (Wildman–Crippen MR) is 61.0 cm³/mol. The molecule has 0 bridgehead atoms. The van der Waals surface area contributed by atoms with E-state index in [4.69, 9.17) is 15.4 Å². The van der Waals surface area contributed by atoms with E-state index in [1.807, 2.05) is 12.1 Å². The van der Waals surface area contributed by atoms with Crippen molar-refractivity contribution >= 4 is 5.88 Å². The Morgan fingerprint density at radius 3 is 2.69 bits per heavy atom.